The molecule has 0 aliphatic heterocycles. The van der Waals surface area contributed by atoms with E-state index in [1.54, 1.807) is 48.5 Å². The van der Waals surface area contributed by atoms with E-state index in [0.29, 0.717) is 16.5 Å². The number of methoxy groups -OCH3 is 1. The van der Waals surface area contributed by atoms with E-state index in [9.17, 15) is 31.2 Å². The quantitative estimate of drug-likeness (QED) is 0.159. The van der Waals surface area contributed by atoms with Crippen LogP contribution < -0.4 is 8.92 Å². The summed E-state index contributed by atoms with van der Waals surface area (Å²) in [6.07, 6.45) is -0.218. The SMILES string of the molecule is COc1ccc2ccc(OS(=O)(=O)C(F)(F)F)c(CCN(C(=O)c3ccccc3)C(=O)c3ccccc3)c2c1. The number of benzene rings is 4. The van der Waals surface area contributed by atoms with E-state index < -0.39 is 33.2 Å². The zero-order valence-electron chi connectivity index (χ0n) is 20.5. The molecule has 0 aliphatic carbocycles. The minimum atomic E-state index is -5.99. The number of hydrogen-bond donors (Lipinski definition) is 0. The molecular weight excluding hydrogens is 535 g/mol. The van der Waals surface area contributed by atoms with Crippen molar-refractivity contribution >= 4 is 32.7 Å². The average molecular weight is 558 g/mol. The summed E-state index contributed by atoms with van der Waals surface area (Å²) < 4.78 is 72.9. The second kappa shape index (κ2) is 11.2. The molecule has 0 aromatic heterocycles. The lowest BCUT2D eigenvalue weighted by Crippen LogP contribution is -2.38. The van der Waals surface area contributed by atoms with Gasteiger partial charge in [0.05, 0.1) is 7.11 Å². The van der Waals surface area contributed by atoms with E-state index in [1.165, 1.54) is 43.5 Å². The average Bonchev–Trinajstić information content (AvgIpc) is 2.93. The van der Waals surface area contributed by atoms with Gasteiger partial charge in [-0.15, -0.1) is 0 Å². The highest BCUT2D eigenvalue weighted by Gasteiger charge is 2.48. The maximum absolute atomic E-state index is 13.4. The summed E-state index contributed by atoms with van der Waals surface area (Å²) in [7, 11) is -4.60. The Morgan fingerprint density at radius 3 is 1.87 bits per heavy atom. The number of rotatable bonds is 8. The number of alkyl halides is 3. The van der Waals surface area contributed by atoms with Crippen LogP contribution in [0.2, 0.25) is 0 Å². The van der Waals surface area contributed by atoms with Crippen LogP contribution in [-0.4, -0.2) is 44.3 Å². The summed E-state index contributed by atoms with van der Waals surface area (Å²) in [6.45, 7) is -0.291. The van der Waals surface area contributed by atoms with Crippen molar-refractivity contribution in [1.82, 2.24) is 4.90 Å². The van der Waals surface area contributed by atoms with Crippen molar-refractivity contribution in [2.24, 2.45) is 0 Å². The summed E-state index contributed by atoms with van der Waals surface area (Å²) >= 11 is 0. The van der Waals surface area contributed by atoms with E-state index in [0.717, 1.165) is 11.0 Å². The van der Waals surface area contributed by atoms with Crippen molar-refractivity contribution in [3.63, 3.8) is 0 Å². The molecule has 0 saturated heterocycles. The molecule has 0 saturated carbocycles. The summed E-state index contributed by atoms with van der Waals surface area (Å²) in [6, 6.07) is 23.3. The molecule has 4 rings (SSSR count). The first kappa shape index (κ1) is 27.6. The fraction of sp³-hybridized carbons (Fsp3) is 0.143. The molecule has 0 bridgehead atoms. The van der Waals surface area contributed by atoms with Crippen LogP contribution in [0, 0.1) is 0 Å². The van der Waals surface area contributed by atoms with Gasteiger partial charge in [-0.2, -0.15) is 21.6 Å². The van der Waals surface area contributed by atoms with Crippen molar-refractivity contribution < 1.29 is 40.1 Å². The minimum absolute atomic E-state index is 0.0472. The molecule has 0 heterocycles. The third kappa shape index (κ3) is 6.04. The molecular formula is C28H22F3NO6S. The molecule has 2 amide bonds. The van der Waals surface area contributed by atoms with E-state index >= 15 is 0 Å². The summed E-state index contributed by atoms with van der Waals surface area (Å²) in [5.74, 6) is -1.48. The van der Waals surface area contributed by atoms with Gasteiger partial charge in [0, 0.05) is 23.2 Å². The topological polar surface area (TPSA) is 90.0 Å². The van der Waals surface area contributed by atoms with E-state index in [-0.39, 0.29) is 29.7 Å². The normalized spacial score (nSPS) is 11.7. The Bertz CT molecular complexity index is 1560. The maximum atomic E-state index is 13.4. The molecule has 0 unspecified atom stereocenters. The number of amides is 2. The van der Waals surface area contributed by atoms with Gasteiger partial charge in [0.2, 0.25) is 0 Å². The van der Waals surface area contributed by atoms with E-state index in [4.69, 9.17) is 4.74 Å². The smallest absolute Gasteiger partial charge is 0.497 e. The zero-order chi connectivity index (χ0) is 28.2. The van der Waals surface area contributed by atoms with Crippen molar-refractivity contribution in [2.45, 2.75) is 11.9 Å². The molecule has 0 spiro atoms. The number of imide groups is 1. The first-order valence-electron chi connectivity index (χ1n) is 11.6. The first-order chi connectivity index (χ1) is 18.5. The van der Waals surface area contributed by atoms with E-state index in [1.807, 2.05) is 0 Å². The Balaban J connectivity index is 1.79. The Hall–Kier alpha value is -4.38. The highest BCUT2D eigenvalue weighted by Crippen LogP contribution is 2.35. The molecule has 4 aromatic rings. The molecule has 4 aromatic carbocycles. The van der Waals surface area contributed by atoms with Crippen molar-refractivity contribution in [3.05, 3.63) is 108 Å². The van der Waals surface area contributed by atoms with Crippen LogP contribution >= 0.6 is 0 Å². The predicted octanol–water partition coefficient (Wildman–Crippen LogP) is 5.60. The van der Waals surface area contributed by atoms with Crippen LogP contribution in [0.5, 0.6) is 11.5 Å². The Morgan fingerprint density at radius 1 is 0.821 bits per heavy atom. The van der Waals surface area contributed by atoms with Gasteiger partial charge in [0.15, 0.2) is 0 Å². The Labute approximate surface area is 222 Å². The second-order valence-corrected chi connectivity index (χ2v) is 9.89. The number of hydrogen-bond acceptors (Lipinski definition) is 6. The molecule has 202 valence electrons. The number of ether oxygens (including phenoxy) is 1. The van der Waals surface area contributed by atoms with Gasteiger partial charge in [-0.1, -0.05) is 48.5 Å². The van der Waals surface area contributed by atoms with Crippen LogP contribution in [0.3, 0.4) is 0 Å². The minimum Gasteiger partial charge on any atom is -0.497 e. The van der Waals surface area contributed by atoms with Crippen LogP contribution in [0.1, 0.15) is 26.3 Å². The zero-order valence-corrected chi connectivity index (χ0v) is 21.3. The van der Waals surface area contributed by atoms with Gasteiger partial charge in [0.25, 0.3) is 11.8 Å². The molecule has 0 aliphatic rings. The van der Waals surface area contributed by atoms with Gasteiger partial charge in [-0.25, -0.2) is 0 Å². The number of nitrogens with zero attached hydrogens (tertiary/aromatic N) is 1. The lowest BCUT2D eigenvalue weighted by Gasteiger charge is -2.23. The summed E-state index contributed by atoms with van der Waals surface area (Å²) in [5.41, 5.74) is -5.17. The monoisotopic (exact) mass is 557 g/mol. The first-order valence-corrected chi connectivity index (χ1v) is 13.0. The van der Waals surface area contributed by atoms with Crippen molar-refractivity contribution in [1.29, 1.82) is 0 Å². The summed E-state index contributed by atoms with van der Waals surface area (Å²) in [4.78, 5) is 27.8. The van der Waals surface area contributed by atoms with Crippen molar-refractivity contribution in [2.75, 3.05) is 13.7 Å². The lowest BCUT2D eigenvalue weighted by atomic mass is 10.00. The van der Waals surface area contributed by atoms with Gasteiger partial charge in [-0.3, -0.25) is 14.5 Å². The number of carbonyl (C=O) groups excluding carboxylic acids is 2. The second-order valence-electron chi connectivity index (χ2n) is 8.36. The highest BCUT2D eigenvalue weighted by molar-refractivity contribution is 7.88. The van der Waals surface area contributed by atoms with Crippen LogP contribution in [0.15, 0.2) is 91.0 Å². The Morgan fingerprint density at radius 2 is 1.36 bits per heavy atom. The molecule has 0 fully saturated rings. The predicted molar refractivity (Wildman–Crippen MR) is 138 cm³/mol. The molecule has 0 N–H and O–H groups in total. The van der Waals surface area contributed by atoms with Crippen LogP contribution in [0.25, 0.3) is 10.8 Å². The van der Waals surface area contributed by atoms with Gasteiger partial charge in [-0.05, 0) is 59.7 Å². The van der Waals surface area contributed by atoms with Gasteiger partial charge < -0.3 is 8.92 Å². The Kier molecular flexibility index (Phi) is 7.91. The molecule has 7 nitrogen and oxygen atoms in total. The van der Waals surface area contributed by atoms with Crippen molar-refractivity contribution in [3.8, 4) is 11.5 Å². The van der Waals surface area contributed by atoms with Crippen LogP contribution in [0.4, 0.5) is 13.2 Å². The standard InChI is InChI=1S/C28H22F3NO6S/c1-37-22-14-12-19-13-15-25(38-39(35,36)28(29,30)31)23(24(19)18-22)16-17-32(26(33)20-8-4-2-5-9-20)27(34)21-10-6-3-7-11-21/h2-15,18H,16-17H2,1H3. The van der Waals surface area contributed by atoms with Gasteiger partial charge in [0.1, 0.15) is 11.5 Å². The van der Waals surface area contributed by atoms with E-state index in [2.05, 4.69) is 4.18 Å². The maximum Gasteiger partial charge on any atom is 0.534 e. The molecule has 0 radical (unpaired) electrons. The fourth-order valence-corrected chi connectivity index (χ4v) is 4.45. The fourth-order valence-electron chi connectivity index (χ4n) is 3.96. The molecule has 0 atom stereocenters. The van der Waals surface area contributed by atoms with Gasteiger partial charge >= 0.3 is 15.6 Å². The van der Waals surface area contributed by atoms with Crippen LogP contribution in [-0.2, 0) is 16.5 Å². The summed E-state index contributed by atoms with van der Waals surface area (Å²) in [5, 5.41) is 0.890. The lowest BCUT2D eigenvalue weighted by molar-refractivity contribution is -0.0500. The number of halogens is 3. The highest BCUT2D eigenvalue weighted by atomic mass is 32.2. The molecule has 39 heavy (non-hydrogen) atoms. The number of carbonyl (C=O) groups is 2. The molecule has 11 heteroatoms. The largest absolute Gasteiger partial charge is 0.534 e. The third-order valence-electron chi connectivity index (χ3n) is 5.90. The third-order valence-corrected chi connectivity index (χ3v) is 6.86. The number of fused-ring (bicyclic) bond motifs is 1.